The normalized spacial score (nSPS) is 22.6. The molecule has 0 bridgehead atoms. The molecule has 0 aromatic heterocycles. The van der Waals surface area contributed by atoms with Crippen LogP contribution in [0.25, 0.3) is 0 Å². The van der Waals surface area contributed by atoms with Crippen molar-refractivity contribution in [3.05, 3.63) is 24.3 Å². The number of carbonyl (C=O) groups excluding carboxylic acids is 2. The van der Waals surface area contributed by atoms with Gasteiger partial charge in [-0.3, -0.25) is 9.59 Å². The van der Waals surface area contributed by atoms with Crippen molar-refractivity contribution in [2.45, 2.75) is 39.0 Å². The summed E-state index contributed by atoms with van der Waals surface area (Å²) in [6, 6.07) is 8.09. The van der Waals surface area contributed by atoms with E-state index in [0.717, 1.165) is 70.6 Å². The minimum atomic E-state index is 0.0857. The zero-order valence-corrected chi connectivity index (χ0v) is 17.2. The quantitative estimate of drug-likeness (QED) is 0.815. The van der Waals surface area contributed by atoms with Gasteiger partial charge in [-0.25, -0.2) is 0 Å². The molecule has 6 nitrogen and oxygen atoms in total. The zero-order chi connectivity index (χ0) is 19.9. The van der Waals surface area contributed by atoms with Gasteiger partial charge in [0.2, 0.25) is 11.8 Å². The maximum absolute atomic E-state index is 12.9. The van der Waals surface area contributed by atoms with Crippen molar-refractivity contribution in [2.75, 3.05) is 44.7 Å². The largest absolute Gasteiger partial charge is 0.497 e. The maximum Gasteiger partial charge on any atom is 0.225 e. The third-order valence-electron chi connectivity index (χ3n) is 6.03. The lowest BCUT2D eigenvalue weighted by Gasteiger charge is -2.38. The Bertz CT molecular complexity index is 645. The second-order valence-corrected chi connectivity index (χ2v) is 7.85. The van der Waals surface area contributed by atoms with Crippen molar-refractivity contribution in [3.63, 3.8) is 0 Å². The number of ether oxygens (including phenoxy) is 1. The van der Waals surface area contributed by atoms with E-state index in [9.17, 15) is 9.59 Å². The predicted octanol–water partition coefficient (Wildman–Crippen LogP) is 2.68. The van der Waals surface area contributed by atoms with Crippen LogP contribution in [0.1, 0.15) is 39.0 Å². The first-order chi connectivity index (χ1) is 13.6. The summed E-state index contributed by atoms with van der Waals surface area (Å²) in [5.41, 5.74) is 1.17. The SMILES string of the molecule is CCCNC(=O)C1CCC(C(=O)N2CCN(c3ccc(OC)cc3)CC2)CC1. The van der Waals surface area contributed by atoms with Crippen molar-refractivity contribution in [1.82, 2.24) is 10.2 Å². The first-order valence-corrected chi connectivity index (χ1v) is 10.6. The number of nitrogens with one attached hydrogen (secondary N) is 1. The number of nitrogens with zero attached hydrogens (tertiary/aromatic N) is 2. The van der Waals surface area contributed by atoms with Crippen molar-refractivity contribution in [2.24, 2.45) is 11.8 Å². The lowest BCUT2D eigenvalue weighted by atomic mass is 9.81. The van der Waals surface area contributed by atoms with Gasteiger partial charge < -0.3 is 19.9 Å². The second-order valence-electron chi connectivity index (χ2n) is 7.85. The molecule has 0 radical (unpaired) electrons. The molecule has 1 saturated carbocycles. The van der Waals surface area contributed by atoms with E-state index >= 15 is 0 Å². The van der Waals surface area contributed by atoms with E-state index in [1.54, 1.807) is 7.11 Å². The molecular weight excluding hydrogens is 354 g/mol. The molecule has 1 N–H and O–H groups in total. The van der Waals surface area contributed by atoms with Gasteiger partial charge in [0.05, 0.1) is 7.11 Å². The Morgan fingerprint density at radius 2 is 1.61 bits per heavy atom. The summed E-state index contributed by atoms with van der Waals surface area (Å²) >= 11 is 0. The van der Waals surface area contributed by atoms with Crippen molar-refractivity contribution in [1.29, 1.82) is 0 Å². The first kappa shape index (κ1) is 20.5. The van der Waals surface area contributed by atoms with Crippen LogP contribution in [0, 0.1) is 11.8 Å². The van der Waals surface area contributed by atoms with Crippen LogP contribution in [0.3, 0.4) is 0 Å². The number of hydrogen-bond acceptors (Lipinski definition) is 4. The van der Waals surface area contributed by atoms with Crippen molar-refractivity contribution < 1.29 is 14.3 Å². The Morgan fingerprint density at radius 3 is 2.18 bits per heavy atom. The average Bonchev–Trinajstić information content (AvgIpc) is 2.77. The second kappa shape index (κ2) is 9.80. The first-order valence-electron chi connectivity index (χ1n) is 10.6. The topological polar surface area (TPSA) is 61.9 Å². The summed E-state index contributed by atoms with van der Waals surface area (Å²) in [6.45, 7) is 6.05. The van der Waals surface area contributed by atoms with Gasteiger partial charge in [0, 0.05) is 50.2 Å². The number of carbonyl (C=O) groups is 2. The van der Waals surface area contributed by atoms with Gasteiger partial charge in [-0.15, -0.1) is 0 Å². The third-order valence-corrected chi connectivity index (χ3v) is 6.03. The molecule has 1 aliphatic heterocycles. The molecule has 154 valence electrons. The van der Waals surface area contributed by atoms with Gasteiger partial charge in [-0.1, -0.05) is 6.92 Å². The van der Waals surface area contributed by atoms with E-state index in [-0.39, 0.29) is 23.7 Å². The van der Waals surface area contributed by atoms with Gasteiger partial charge in [0.25, 0.3) is 0 Å². The highest BCUT2D eigenvalue weighted by molar-refractivity contribution is 5.81. The summed E-state index contributed by atoms with van der Waals surface area (Å²) < 4.78 is 5.22. The van der Waals surface area contributed by atoms with Gasteiger partial charge in [0.1, 0.15) is 5.75 Å². The Hall–Kier alpha value is -2.24. The number of rotatable bonds is 6. The molecule has 0 spiro atoms. The molecule has 1 aromatic carbocycles. The Labute approximate surface area is 168 Å². The number of hydrogen-bond donors (Lipinski definition) is 1. The molecule has 0 unspecified atom stereocenters. The summed E-state index contributed by atoms with van der Waals surface area (Å²) in [5, 5.41) is 2.99. The summed E-state index contributed by atoms with van der Waals surface area (Å²) in [5.74, 6) is 1.48. The molecule has 2 fully saturated rings. The highest BCUT2D eigenvalue weighted by atomic mass is 16.5. The Balaban J connectivity index is 1.44. The fourth-order valence-corrected chi connectivity index (χ4v) is 4.23. The minimum absolute atomic E-state index is 0.0857. The van der Waals surface area contributed by atoms with Crippen LogP contribution >= 0.6 is 0 Å². The van der Waals surface area contributed by atoms with Crippen molar-refractivity contribution >= 4 is 17.5 Å². The van der Waals surface area contributed by atoms with E-state index in [1.807, 2.05) is 17.0 Å². The van der Waals surface area contributed by atoms with Crippen molar-refractivity contribution in [3.8, 4) is 5.75 Å². The van der Waals surface area contributed by atoms with Gasteiger partial charge in [0.15, 0.2) is 0 Å². The molecule has 2 amide bonds. The van der Waals surface area contributed by atoms with Crippen LogP contribution in [0.15, 0.2) is 24.3 Å². The summed E-state index contributed by atoms with van der Waals surface area (Å²) in [6.07, 6.45) is 4.29. The highest BCUT2D eigenvalue weighted by Crippen LogP contribution is 2.31. The number of amides is 2. The number of methoxy groups -OCH3 is 1. The molecule has 28 heavy (non-hydrogen) atoms. The summed E-state index contributed by atoms with van der Waals surface area (Å²) in [4.78, 5) is 29.4. The Morgan fingerprint density at radius 1 is 1.00 bits per heavy atom. The highest BCUT2D eigenvalue weighted by Gasteiger charge is 2.33. The van der Waals surface area contributed by atoms with Crippen LogP contribution in [0.5, 0.6) is 5.75 Å². The van der Waals surface area contributed by atoms with Crippen LogP contribution in [0.4, 0.5) is 5.69 Å². The fraction of sp³-hybridized carbons (Fsp3) is 0.636. The smallest absolute Gasteiger partial charge is 0.225 e. The molecule has 1 aliphatic carbocycles. The van der Waals surface area contributed by atoms with E-state index in [2.05, 4.69) is 29.3 Å². The molecular formula is C22H33N3O3. The van der Waals surface area contributed by atoms with Crippen LogP contribution in [0.2, 0.25) is 0 Å². The van der Waals surface area contributed by atoms with Crippen LogP contribution < -0.4 is 15.0 Å². The van der Waals surface area contributed by atoms with Crippen LogP contribution in [-0.2, 0) is 9.59 Å². The molecule has 1 saturated heterocycles. The summed E-state index contributed by atoms with van der Waals surface area (Å²) in [7, 11) is 1.67. The monoisotopic (exact) mass is 387 g/mol. The number of piperazine rings is 1. The molecule has 2 aliphatic rings. The van der Waals surface area contributed by atoms with Crippen LogP contribution in [-0.4, -0.2) is 56.5 Å². The number of benzene rings is 1. The van der Waals surface area contributed by atoms with E-state index < -0.39 is 0 Å². The predicted molar refractivity (Wildman–Crippen MR) is 111 cm³/mol. The maximum atomic E-state index is 12.9. The third kappa shape index (κ3) is 4.97. The van der Waals surface area contributed by atoms with E-state index in [4.69, 9.17) is 4.74 Å². The minimum Gasteiger partial charge on any atom is -0.497 e. The Kier molecular flexibility index (Phi) is 7.18. The van der Waals surface area contributed by atoms with E-state index in [1.165, 1.54) is 5.69 Å². The lowest BCUT2D eigenvalue weighted by Crippen LogP contribution is -2.51. The molecule has 0 atom stereocenters. The molecule has 1 heterocycles. The fourth-order valence-electron chi connectivity index (χ4n) is 4.23. The number of anilines is 1. The van der Waals surface area contributed by atoms with Gasteiger partial charge in [-0.2, -0.15) is 0 Å². The lowest BCUT2D eigenvalue weighted by molar-refractivity contribution is -0.138. The average molecular weight is 388 g/mol. The molecule has 6 heteroatoms. The van der Waals surface area contributed by atoms with Gasteiger partial charge in [-0.05, 0) is 56.4 Å². The zero-order valence-electron chi connectivity index (χ0n) is 17.2. The van der Waals surface area contributed by atoms with Gasteiger partial charge >= 0.3 is 0 Å². The molecule has 3 rings (SSSR count). The standard InChI is InChI=1S/C22H33N3O3/c1-3-12-23-21(26)17-4-6-18(7-5-17)22(27)25-15-13-24(14-16-25)19-8-10-20(28-2)11-9-19/h8-11,17-18H,3-7,12-16H2,1-2H3,(H,23,26). The molecule has 1 aromatic rings. The van der Waals surface area contributed by atoms with E-state index in [0.29, 0.717) is 0 Å².